The molecule has 0 aliphatic heterocycles. The molecule has 1 aliphatic rings. The van der Waals surface area contributed by atoms with Crippen LogP contribution in [0, 0.1) is 11.7 Å². The van der Waals surface area contributed by atoms with Gasteiger partial charge in [-0.25, -0.2) is 9.18 Å². The van der Waals surface area contributed by atoms with Gasteiger partial charge in [-0.05, 0) is 53.4 Å². The van der Waals surface area contributed by atoms with Crippen molar-refractivity contribution < 1.29 is 19.1 Å². The zero-order valence-electron chi connectivity index (χ0n) is 10.5. The van der Waals surface area contributed by atoms with Crippen LogP contribution in [-0.2, 0) is 4.79 Å². The van der Waals surface area contributed by atoms with Gasteiger partial charge in [0.05, 0.1) is 10.4 Å². The summed E-state index contributed by atoms with van der Waals surface area (Å²) < 4.78 is 13.6. The van der Waals surface area contributed by atoms with Gasteiger partial charge < -0.3 is 15.7 Å². The Morgan fingerprint density at radius 3 is 2.70 bits per heavy atom. The first kappa shape index (κ1) is 14.8. The van der Waals surface area contributed by atoms with Crippen LogP contribution < -0.4 is 10.6 Å². The minimum Gasteiger partial charge on any atom is -0.481 e. The predicted octanol–water partition coefficient (Wildman–Crippen LogP) is 2.96. The molecule has 1 aliphatic carbocycles. The lowest BCUT2D eigenvalue weighted by Crippen LogP contribution is -2.36. The third kappa shape index (κ3) is 3.69. The molecule has 0 heterocycles. The molecule has 2 unspecified atom stereocenters. The van der Waals surface area contributed by atoms with E-state index in [4.69, 9.17) is 5.11 Å². The predicted molar refractivity (Wildman–Crippen MR) is 75.0 cm³/mol. The summed E-state index contributed by atoms with van der Waals surface area (Å²) in [5.74, 6) is -1.69. The van der Waals surface area contributed by atoms with Crippen molar-refractivity contribution in [3.63, 3.8) is 0 Å². The summed E-state index contributed by atoms with van der Waals surface area (Å²) in [5.41, 5.74) is 0.344. The van der Waals surface area contributed by atoms with Crippen LogP contribution in [0.15, 0.2) is 22.7 Å². The van der Waals surface area contributed by atoms with Gasteiger partial charge in [0.15, 0.2) is 0 Å². The van der Waals surface area contributed by atoms with Crippen LogP contribution in [-0.4, -0.2) is 23.1 Å². The van der Waals surface area contributed by atoms with Crippen LogP contribution in [0.3, 0.4) is 0 Å². The number of hydrogen-bond donors (Lipinski definition) is 3. The van der Waals surface area contributed by atoms with E-state index in [1.165, 1.54) is 12.1 Å². The van der Waals surface area contributed by atoms with E-state index in [2.05, 4.69) is 26.6 Å². The number of carboxylic acids is 1. The molecule has 7 heteroatoms. The minimum absolute atomic E-state index is 0.156. The lowest BCUT2D eigenvalue weighted by Gasteiger charge is -2.13. The molecule has 108 valence electrons. The Morgan fingerprint density at radius 1 is 1.35 bits per heavy atom. The summed E-state index contributed by atoms with van der Waals surface area (Å²) >= 11 is 3.03. The minimum atomic E-state index is -0.829. The summed E-state index contributed by atoms with van der Waals surface area (Å²) in [7, 11) is 0. The average Bonchev–Trinajstić information content (AvgIpc) is 2.82. The molecule has 3 N–H and O–H groups in total. The van der Waals surface area contributed by atoms with E-state index in [9.17, 15) is 14.0 Å². The maximum absolute atomic E-state index is 13.3. The van der Waals surface area contributed by atoms with E-state index in [0.717, 1.165) is 0 Å². The molecule has 0 spiro atoms. The van der Waals surface area contributed by atoms with Crippen LogP contribution in [0.2, 0.25) is 0 Å². The maximum atomic E-state index is 13.3. The lowest BCUT2D eigenvalue weighted by molar-refractivity contribution is -0.141. The number of amides is 2. The van der Waals surface area contributed by atoms with Crippen LogP contribution in [0.1, 0.15) is 19.3 Å². The smallest absolute Gasteiger partial charge is 0.319 e. The Morgan fingerprint density at radius 2 is 2.10 bits per heavy atom. The van der Waals surface area contributed by atoms with Gasteiger partial charge in [-0.3, -0.25) is 4.79 Å². The second kappa shape index (κ2) is 6.21. The van der Waals surface area contributed by atoms with E-state index in [1.54, 1.807) is 6.07 Å². The van der Waals surface area contributed by atoms with Crippen molar-refractivity contribution in [1.82, 2.24) is 5.32 Å². The first-order valence-corrected chi connectivity index (χ1v) is 7.00. The van der Waals surface area contributed by atoms with Crippen LogP contribution >= 0.6 is 15.9 Å². The first-order valence-electron chi connectivity index (χ1n) is 6.21. The normalized spacial score (nSPS) is 21.5. The highest BCUT2D eigenvalue weighted by atomic mass is 79.9. The zero-order valence-corrected chi connectivity index (χ0v) is 12.1. The number of anilines is 1. The van der Waals surface area contributed by atoms with Crippen molar-refractivity contribution in [2.45, 2.75) is 25.3 Å². The number of benzene rings is 1. The van der Waals surface area contributed by atoms with Gasteiger partial charge in [0.1, 0.15) is 5.82 Å². The quantitative estimate of drug-likeness (QED) is 0.788. The number of carboxylic acid groups (broad SMARTS) is 1. The number of urea groups is 1. The van der Waals surface area contributed by atoms with Gasteiger partial charge in [-0.1, -0.05) is 0 Å². The molecule has 1 aromatic rings. The molecule has 1 saturated carbocycles. The number of aliphatic carboxylic acids is 1. The van der Waals surface area contributed by atoms with Gasteiger partial charge in [0.25, 0.3) is 0 Å². The number of carbonyl (C=O) groups excluding carboxylic acids is 1. The molecule has 0 radical (unpaired) electrons. The Bertz CT molecular complexity index is 538. The summed E-state index contributed by atoms with van der Waals surface area (Å²) in [4.78, 5) is 22.6. The monoisotopic (exact) mass is 344 g/mol. The van der Waals surface area contributed by atoms with Gasteiger partial charge in [0, 0.05) is 11.7 Å². The van der Waals surface area contributed by atoms with Crippen molar-refractivity contribution in [2.24, 2.45) is 5.92 Å². The molecule has 5 nitrogen and oxygen atoms in total. The molecule has 2 atom stereocenters. The van der Waals surface area contributed by atoms with Gasteiger partial charge >= 0.3 is 12.0 Å². The molecular formula is C13H14BrFN2O3. The largest absolute Gasteiger partial charge is 0.481 e. The second-order valence-corrected chi connectivity index (χ2v) is 5.63. The van der Waals surface area contributed by atoms with E-state index in [0.29, 0.717) is 29.4 Å². The average molecular weight is 345 g/mol. The number of hydrogen-bond acceptors (Lipinski definition) is 2. The van der Waals surface area contributed by atoms with Crippen molar-refractivity contribution in [3.8, 4) is 0 Å². The highest BCUT2D eigenvalue weighted by Gasteiger charge is 2.30. The topological polar surface area (TPSA) is 78.4 Å². The SMILES string of the molecule is O=C(Nc1ccc(Br)c(F)c1)NC1CCC(C(=O)O)C1. The van der Waals surface area contributed by atoms with E-state index in [-0.39, 0.29) is 6.04 Å². The molecule has 1 aromatic carbocycles. The van der Waals surface area contributed by atoms with Crippen molar-refractivity contribution in [2.75, 3.05) is 5.32 Å². The molecule has 0 saturated heterocycles. The van der Waals surface area contributed by atoms with Gasteiger partial charge in [-0.15, -0.1) is 0 Å². The number of carbonyl (C=O) groups is 2. The molecule has 2 amide bonds. The summed E-state index contributed by atoms with van der Waals surface area (Å²) in [6.45, 7) is 0. The molecule has 0 aromatic heterocycles. The van der Waals surface area contributed by atoms with Gasteiger partial charge in [-0.2, -0.15) is 0 Å². The fraction of sp³-hybridized carbons (Fsp3) is 0.385. The Balaban J connectivity index is 1.87. The number of halogens is 2. The molecule has 20 heavy (non-hydrogen) atoms. The lowest BCUT2D eigenvalue weighted by atomic mass is 10.1. The Labute approximate surface area is 123 Å². The van der Waals surface area contributed by atoms with E-state index < -0.39 is 23.7 Å². The Kier molecular flexibility index (Phi) is 4.59. The van der Waals surface area contributed by atoms with Crippen molar-refractivity contribution >= 4 is 33.6 Å². The van der Waals surface area contributed by atoms with Crippen LogP contribution in [0.4, 0.5) is 14.9 Å². The van der Waals surface area contributed by atoms with E-state index in [1.807, 2.05) is 0 Å². The molecular weight excluding hydrogens is 331 g/mol. The third-order valence-corrected chi connectivity index (χ3v) is 3.94. The summed E-state index contributed by atoms with van der Waals surface area (Å²) in [6, 6.07) is 3.67. The second-order valence-electron chi connectivity index (χ2n) is 4.77. The fourth-order valence-corrected chi connectivity index (χ4v) is 2.51. The van der Waals surface area contributed by atoms with Crippen LogP contribution in [0.5, 0.6) is 0 Å². The van der Waals surface area contributed by atoms with E-state index >= 15 is 0 Å². The van der Waals surface area contributed by atoms with Crippen molar-refractivity contribution in [3.05, 3.63) is 28.5 Å². The van der Waals surface area contributed by atoms with Crippen LogP contribution in [0.25, 0.3) is 0 Å². The fourth-order valence-electron chi connectivity index (χ4n) is 2.26. The molecule has 2 rings (SSSR count). The standard InChI is InChI=1S/C13H14BrFN2O3/c14-10-4-3-9(6-11(10)15)17-13(20)16-8-2-1-7(5-8)12(18)19/h3-4,6-8H,1-2,5H2,(H,18,19)(H2,16,17,20). The summed E-state index contributed by atoms with van der Waals surface area (Å²) in [5, 5.41) is 14.1. The number of nitrogens with one attached hydrogen (secondary N) is 2. The molecule has 1 fully saturated rings. The first-order chi connectivity index (χ1) is 9.45. The molecule has 0 bridgehead atoms. The third-order valence-electron chi connectivity index (χ3n) is 3.29. The van der Waals surface area contributed by atoms with Gasteiger partial charge in [0.2, 0.25) is 0 Å². The summed E-state index contributed by atoms with van der Waals surface area (Å²) in [6.07, 6.45) is 1.63. The highest BCUT2D eigenvalue weighted by molar-refractivity contribution is 9.10. The number of rotatable bonds is 3. The Hall–Kier alpha value is -1.63. The zero-order chi connectivity index (χ0) is 14.7. The van der Waals surface area contributed by atoms with Crippen molar-refractivity contribution in [1.29, 1.82) is 0 Å². The highest BCUT2D eigenvalue weighted by Crippen LogP contribution is 2.25. The maximum Gasteiger partial charge on any atom is 0.319 e.